The number of rotatable bonds is 5. The lowest BCUT2D eigenvalue weighted by molar-refractivity contribution is 0.136. The van der Waals surface area contributed by atoms with Gasteiger partial charge in [-0.2, -0.15) is 0 Å². The van der Waals surface area contributed by atoms with E-state index in [1.807, 2.05) is 22.8 Å². The fraction of sp³-hybridized carbons (Fsp3) is 0.500. The molecule has 0 spiro atoms. The van der Waals surface area contributed by atoms with Crippen LogP contribution >= 0.6 is 0 Å². The van der Waals surface area contributed by atoms with Gasteiger partial charge in [-0.1, -0.05) is 13.8 Å². The molecule has 104 valence electrons. The Labute approximate surface area is 113 Å². The number of methoxy groups -OCH3 is 2. The minimum atomic E-state index is 0.155. The van der Waals surface area contributed by atoms with Crippen molar-refractivity contribution in [1.29, 1.82) is 0 Å². The molecule has 2 rings (SSSR count). The summed E-state index contributed by atoms with van der Waals surface area (Å²) in [6.45, 7) is 4.90. The zero-order chi connectivity index (χ0) is 14.0. The number of anilines is 1. The van der Waals surface area contributed by atoms with Gasteiger partial charge in [-0.05, 0) is 18.1 Å². The van der Waals surface area contributed by atoms with Crippen molar-refractivity contribution in [2.75, 3.05) is 26.6 Å². The zero-order valence-corrected chi connectivity index (χ0v) is 11.9. The molecule has 1 heterocycles. The maximum atomic E-state index is 6.07. The Morgan fingerprint density at radius 1 is 1.32 bits per heavy atom. The maximum Gasteiger partial charge on any atom is 0.201 e. The number of nitrogens with two attached hydrogens (primary N) is 1. The Hall–Kier alpha value is -1.75. The van der Waals surface area contributed by atoms with Crippen LogP contribution in [0.25, 0.3) is 11.0 Å². The van der Waals surface area contributed by atoms with E-state index in [0.29, 0.717) is 18.5 Å². The maximum absolute atomic E-state index is 6.07. The summed E-state index contributed by atoms with van der Waals surface area (Å²) in [7, 11) is 3.35. The standard InChI is InChI=1S/C14H21N3O2/c1-9(2)13(8-18-3)17-12-7-10(19-4)5-6-11(12)16-14(17)15/h5-7,9,13H,8H2,1-4H3,(H2,15,16). The smallest absolute Gasteiger partial charge is 0.201 e. The van der Waals surface area contributed by atoms with Crippen LogP contribution in [0.2, 0.25) is 0 Å². The molecular formula is C14H21N3O2. The molecule has 0 saturated carbocycles. The topological polar surface area (TPSA) is 62.3 Å². The molecule has 0 aliphatic heterocycles. The van der Waals surface area contributed by atoms with Crippen molar-refractivity contribution in [3.05, 3.63) is 18.2 Å². The summed E-state index contributed by atoms with van der Waals surface area (Å²) in [6, 6.07) is 5.93. The van der Waals surface area contributed by atoms with Crippen LogP contribution in [-0.2, 0) is 4.74 Å². The highest BCUT2D eigenvalue weighted by Crippen LogP contribution is 2.29. The molecule has 5 heteroatoms. The number of nitrogen functional groups attached to an aromatic ring is 1. The molecule has 1 atom stereocenters. The second-order valence-electron chi connectivity index (χ2n) is 4.96. The average molecular weight is 263 g/mol. The van der Waals surface area contributed by atoms with Crippen LogP contribution < -0.4 is 10.5 Å². The number of ether oxygens (including phenoxy) is 2. The Morgan fingerprint density at radius 3 is 2.63 bits per heavy atom. The van der Waals surface area contributed by atoms with Crippen molar-refractivity contribution in [1.82, 2.24) is 9.55 Å². The summed E-state index contributed by atoms with van der Waals surface area (Å²) in [6.07, 6.45) is 0. The van der Waals surface area contributed by atoms with Crippen LogP contribution in [0.15, 0.2) is 18.2 Å². The van der Waals surface area contributed by atoms with Crippen molar-refractivity contribution in [2.45, 2.75) is 19.9 Å². The Kier molecular flexibility index (Phi) is 3.95. The van der Waals surface area contributed by atoms with Crippen LogP contribution in [0.3, 0.4) is 0 Å². The van der Waals surface area contributed by atoms with Gasteiger partial charge in [0.1, 0.15) is 5.75 Å². The molecule has 0 amide bonds. The largest absolute Gasteiger partial charge is 0.497 e. The van der Waals surface area contributed by atoms with Crippen LogP contribution in [0, 0.1) is 5.92 Å². The lowest BCUT2D eigenvalue weighted by atomic mass is 10.0. The normalized spacial score (nSPS) is 13.1. The van der Waals surface area contributed by atoms with E-state index in [4.69, 9.17) is 15.2 Å². The van der Waals surface area contributed by atoms with Crippen molar-refractivity contribution in [3.63, 3.8) is 0 Å². The van der Waals surface area contributed by atoms with Crippen molar-refractivity contribution in [3.8, 4) is 5.75 Å². The number of aromatic nitrogens is 2. The minimum absolute atomic E-state index is 0.155. The van der Waals surface area contributed by atoms with Gasteiger partial charge in [-0.3, -0.25) is 0 Å². The predicted octanol–water partition coefficient (Wildman–Crippen LogP) is 2.47. The van der Waals surface area contributed by atoms with Gasteiger partial charge in [0.2, 0.25) is 5.95 Å². The average Bonchev–Trinajstić information content (AvgIpc) is 2.70. The van der Waals surface area contributed by atoms with Gasteiger partial charge in [-0.15, -0.1) is 0 Å². The summed E-state index contributed by atoms with van der Waals surface area (Å²) >= 11 is 0. The number of nitrogens with zero attached hydrogens (tertiary/aromatic N) is 2. The van der Waals surface area contributed by atoms with E-state index in [2.05, 4.69) is 18.8 Å². The molecule has 0 saturated heterocycles. The molecule has 2 aromatic rings. The second-order valence-corrected chi connectivity index (χ2v) is 4.96. The molecule has 0 bridgehead atoms. The van der Waals surface area contributed by atoms with E-state index in [0.717, 1.165) is 16.8 Å². The first kappa shape index (κ1) is 13.7. The molecule has 0 aliphatic rings. The summed E-state index contributed by atoms with van der Waals surface area (Å²) < 4.78 is 12.6. The van der Waals surface area contributed by atoms with E-state index in [1.54, 1.807) is 14.2 Å². The van der Waals surface area contributed by atoms with Gasteiger partial charge in [-0.25, -0.2) is 4.98 Å². The van der Waals surface area contributed by atoms with Gasteiger partial charge in [0.15, 0.2) is 0 Å². The van der Waals surface area contributed by atoms with Gasteiger partial charge in [0.25, 0.3) is 0 Å². The minimum Gasteiger partial charge on any atom is -0.497 e. The molecular weight excluding hydrogens is 242 g/mol. The summed E-state index contributed by atoms with van der Waals surface area (Å²) in [5.74, 6) is 1.71. The van der Waals surface area contributed by atoms with E-state index < -0.39 is 0 Å². The molecule has 0 fully saturated rings. The SMILES string of the molecule is COCC(C(C)C)n1c(N)nc2ccc(OC)cc21. The molecule has 1 aromatic carbocycles. The van der Waals surface area contributed by atoms with E-state index in [9.17, 15) is 0 Å². The molecule has 0 radical (unpaired) electrons. The van der Waals surface area contributed by atoms with E-state index in [1.165, 1.54) is 0 Å². The predicted molar refractivity (Wildman–Crippen MR) is 76.4 cm³/mol. The highest BCUT2D eigenvalue weighted by Gasteiger charge is 2.21. The Balaban J connectivity index is 2.59. The van der Waals surface area contributed by atoms with Crippen LogP contribution in [0.1, 0.15) is 19.9 Å². The molecule has 1 aromatic heterocycles. The molecule has 1 unspecified atom stereocenters. The molecule has 2 N–H and O–H groups in total. The lowest BCUT2D eigenvalue weighted by Gasteiger charge is -2.23. The molecule has 5 nitrogen and oxygen atoms in total. The number of hydrogen-bond acceptors (Lipinski definition) is 4. The third-order valence-electron chi connectivity index (χ3n) is 3.36. The highest BCUT2D eigenvalue weighted by atomic mass is 16.5. The van der Waals surface area contributed by atoms with Crippen molar-refractivity contribution >= 4 is 17.0 Å². The third-order valence-corrected chi connectivity index (χ3v) is 3.36. The monoisotopic (exact) mass is 263 g/mol. The summed E-state index contributed by atoms with van der Waals surface area (Å²) in [4.78, 5) is 4.40. The fourth-order valence-corrected chi connectivity index (χ4v) is 2.30. The third kappa shape index (κ3) is 2.51. The molecule has 19 heavy (non-hydrogen) atoms. The quantitative estimate of drug-likeness (QED) is 0.900. The Bertz CT molecular complexity index is 563. The van der Waals surface area contributed by atoms with Gasteiger partial charge >= 0.3 is 0 Å². The number of imidazole rings is 1. The van der Waals surface area contributed by atoms with Crippen LogP contribution in [-0.4, -0.2) is 30.4 Å². The van der Waals surface area contributed by atoms with Crippen molar-refractivity contribution < 1.29 is 9.47 Å². The van der Waals surface area contributed by atoms with E-state index >= 15 is 0 Å². The van der Waals surface area contributed by atoms with Gasteiger partial charge < -0.3 is 19.8 Å². The summed E-state index contributed by atoms with van der Waals surface area (Å²) in [5, 5.41) is 0. The van der Waals surface area contributed by atoms with Crippen LogP contribution in [0.4, 0.5) is 5.95 Å². The first-order valence-corrected chi connectivity index (χ1v) is 6.38. The highest BCUT2D eigenvalue weighted by molar-refractivity contribution is 5.80. The molecule has 0 aliphatic carbocycles. The zero-order valence-electron chi connectivity index (χ0n) is 11.9. The first-order valence-electron chi connectivity index (χ1n) is 6.38. The first-order chi connectivity index (χ1) is 9.08. The van der Waals surface area contributed by atoms with E-state index in [-0.39, 0.29) is 6.04 Å². The van der Waals surface area contributed by atoms with Gasteiger partial charge in [0, 0.05) is 13.2 Å². The van der Waals surface area contributed by atoms with Crippen LogP contribution in [0.5, 0.6) is 5.75 Å². The van der Waals surface area contributed by atoms with Gasteiger partial charge in [0.05, 0.1) is 30.8 Å². The summed E-state index contributed by atoms with van der Waals surface area (Å²) in [5.41, 5.74) is 7.92. The second kappa shape index (κ2) is 5.48. The number of benzene rings is 1. The lowest BCUT2D eigenvalue weighted by Crippen LogP contribution is -2.21. The van der Waals surface area contributed by atoms with Crippen molar-refractivity contribution in [2.24, 2.45) is 5.92 Å². The number of fused-ring (bicyclic) bond motifs is 1. The Morgan fingerprint density at radius 2 is 2.05 bits per heavy atom. The fourth-order valence-electron chi connectivity index (χ4n) is 2.30. The number of hydrogen-bond donors (Lipinski definition) is 1.